The molecule has 3 aromatic rings. The summed E-state index contributed by atoms with van der Waals surface area (Å²) in [4.78, 5) is 15.5. The number of rotatable bonds is 10. The summed E-state index contributed by atoms with van der Waals surface area (Å²) in [6.45, 7) is 1.02. The molecule has 1 amide bonds. The number of carbonyl (C=O) groups is 1. The highest BCUT2D eigenvalue weighted by Crippen LogP contribution is 2.27. The van der Waals surface area contributed by atoms with E-state index < -0.39 is 5.91 Å². The lowest BCUT2D eigenvalue weighted by molar-refractivity contribution is -0.117. The number of H-pyrrole nitrogens is 1. The molecule has 31 heavy (non-hydrogen) atoms. The van der Waals surface area contributed by atoms with Crippen LogP contribution in [0.25, 0.3) is 10.9 Å². The van der Waals surface area contributed by atoms with E-state index in [1.54, 1.807) is 14.2 Å². The van der Waals surface area contributed by atoms with Crippen LogP contribution in [0.15, 0.2) is 60.4 Å². The van der Waals surface area contributed by atoms with Crippen LogP contribution in [0, 0.1) is 11.3 Å². The molecule has 0 saturated carbocycles. The summed E-state index contributed by atoms with van der Waals surface area (Å²) < 4.78 is 10.5. The van der Waals surface area contributed by atoms with Crippen LogP contribution in [0.3, 0.4) is 0 Å². The number of amides is 1. The first-order chi connectivity index (χ1) is 15.2. The number of aromatic nitrogens is 1. The van der Waals surface area contributed by atoms with Crippen molar-refractivity contribution >= 4 is 16.8 Å². The molecule has 0 radical (unpaired) electrons. The Morgan fingerprint density at radius 1 is 1.10 bits per heavy atom. The van der Waals surface area contributed by atoms with Gasteiger partial charge in [0.15, 0.2) is 11.5 Å². The van der Waals surface area contributed by atoms with Crippen LogP contribution in [0.2, 0.25) is 0 Å². The largest absolute Gasteiger partial charge is 0.493 e. The number of aromatic amines is 1. The molecule has 7 heteroatoms. The van der Waals surface area contributed by atoms with Crippen LogP contribution in [0.4, 0.5) is 0 Å². The quantitative estimate of drug-likeness (QED) is 0.267. The number of nitrogens with zero attached hydrogens (tertiary/aromatic N) is 1. The van der Waals surface area contributed by atoms with Crippen LogP contribution < -0.4 is 20.1 Å². The smallest absolute Gasteiger partial charge is 0.263 e. The van der Waals surface area contributed by atoms with Crippen molar-refractivity contribution in [3.8, 4) is 17.6 Å². The third-order valence-electron chi connectivity index (χ3n) is 4.97. The molecule has 1 heterocycles. The van der Waals surface area contributed by atoms with Crippen molar-refractivity contribution in [2.24, 2.45) is 0 Å². The average Bonchev–Trinajstić information content (AvgIpc) is 3.22. The number of nitriles is 1. The standard InChI is InChI=1S/C24H26N4O3/c1-30-22-8-7-17(13-23(22)31-2)9-12-27-24(29)19(14-25)15-26-11-10-18-16-28-21-6-4-3-5-20(18)21/h3-8,13,15-16,26,28H,9-12H2,1-2H3,(H,27,29)/b19-15-. The first kappa shape index (κ1) is 21.8. The molecule has 2 aromatic carbocycles. The maximum Gasteiger partial charge on any atom is 0.263 e. The summed E-state index contributed by atoms with van der Waals surface area (Å²) >= 11 is 0. The fourth-order valence-corrected chi connectivity index (χ4v) is 3.32. The number of benzene rings is 2. The van der Waals surface area contributed by atoms with Crippen LogP contribution in [0.5, 0.6) is 11.5 Å². The van der Waals surface area contributed by atoms with Crippen molar-refractivity contribution < 1.29 is 14.3 Å². The predicted molar refractivity (Wildman–Crippen MR) is 120 cm³/mol. The lowest BCUT2D eigenvalue weighted by atomic mass is 10.1. The van der Waals surface area contributed by atoms with Crippen molar-refractivity contribution in [1.29, 1.82) is 5.26 Å². The first-order valence-corrected chi connectivity index (χ1v) is 10.0. The molecule has 3 N–H and O–H groups in total. The molecular weight excluding hydrogens is 392 g/mol. The molecule has 0 atom stereocenters. The Morgan fingerprint density at radius 2 is 1.90 bits per heavy atom. The zero-order chi connectivity index (χ0) is 22.1. The SMILES string of the molecule is COc1ccc(CCNC(=O)/C(C#N)=C\NCCc2c[nH]c3ccccc23)cc1OC. The number of carbonyl (C=O) groups excluding carboxylic acids is 1. The second-order valence-corrected chi connectivity index (χ2v) is 6.93. The normalized spacial score (nSPS) is 11.1. The van der Waals surface area contributed by atoms with E-state index in [9.17, 15) is 10.1 Å². The Kier molecular flexibility index (Phi) is 7.55. The fourth-order valence-electron chi connectivity index (χ4n) is 3.32. The summed E-state index contributed by atoms with van der Waals surface area (Å²) in [5, 5.41) is 16.3. The minimum atomic E-state index is -0.400. The molecule has 0 aliphatic rings. The lowest BCUT2D eigenvalue weighted by Gasteiger charge is -2.10. The molecule has 0 aliphatic heterocycles. The van der Waals surface area contributed by atoms with E-state index in [0.717, 1.165) is 17.5 Å². The van der Waals surface area contributed by atoms with Crippen molar-refractivity contribution in [3.63, 3.8) is 0 Å². The van der Waals surface area contributed by atoms with Gasteiger partial charge in [0, 0.05) is 36.4 Å². The number of hydrogen-bond donors (Lipinski definition) is 3. The van der Waals surface area contributed by atoms with Crippen LogP contribution in [0.1, 0.15) is 11.1 Å². The first-order valence-electron chi connectivity index (χ1n) is 10.0. The van der Waals surface area contributed by atoms with Gasteiger partial charge in [-0.15, -0.1) is 0 Å². The third kappa shape index (κ3) is 5.58. The Morgan fingerprint density at radius 3 is 2.68 bits per heavy atom. The molecule has 0 spiro atoms. The number of nitrogens with one attached hydrogen (secondary N) is 3. The van der Waals surface area contributed by atoms with Gasteiger partial charge >= 0.3 is 0 Å². The van der Waals surface area contributed by atoms with E-state index in [-0.39, 0.29) is 5.57 Å². The molecule has 1 aromatic heterocycles. The van der Waals surface area contributed by atoms with Gasteiger partial charge in [0.2, 0.25) is 0 Å². The van der Waals surface area contributed by atoms with E-state index in [1.807, 2.05) is 48.7 Å². The summed E-state index contributed by atoms with van der Waals surface area (Å²) in [6, 6.07) is 15.7. The minimum Gasteiger partial charge on any atom is -0.493 e. The van der Waals surface area contributed by atoms with E-state index in [4.69, 9.17) is 9.47 Å². The van der Waals surface area contributed by atoms with Gasteiger partial charge in [0.25, 0.3) is 5.91 Å². The van der Waals surface area contributed by atoms with Gasteiger partial charge < -0.3 is 25.1 Å². The number of hydrogen-bond acceptors (Lipinski definition) is 5. The van der Waals surface area contributed by atoms with Crippen LogP contribution >= 0.6 is 0 Å². The molecule has 3 rings (SSSR count). The highest BCUT2D eigenvalue weighted by Gasteiger charge is 2.09. The predicted octanol–water partition coefficient (Wildman–Crippen LogP) is 3.08. The third-order valence-corrected chi connectivity index (χ3v) is 4.97. The Hall–Kier alpha value is -3.92. The molecule has 0 fully saturated rings. The zero-order valence-electron chi connectivity index (χ0n) is 17.7. The summed E-state index contributed by atoms with van der Waals surface area (Å²) in [5.74, 6) is 0.898. The summed E-state index contributed by atoms with van der Waals surface area (Å²) in [7, 11) is 3.17. The molecule has 0 saturated heterocycles. The minimum absolute atomic E-state index is 0.0474. The van der Waals surface area contributed by atoms with Crippen LogP contribution in [-0.4, -0.2) is 38.2 Å². The van der Waals surface area contributed by atoms with Crippen molar-refractivity contribution in [2.45, 2.75) is 12.8 Å². The highest BCUT2D eigenvalue weighted by atomic mass is 16.5. The summed E-state index contributed by atoms with van der Waals surface area (Å²) in [5.41, 5.74) is 3.33. The highest BCUT2D eigenvalue weighted by molar-refractivity contribution is 5.97. The Labute approximate surface area is 181 Å². The lowest BCUT2D eigenvalue weighted by Crippen LogP contribution is -2.28. The Balaban J connectivity index is 1.47. The number of fused-ring (bicyclic) bond motifs is 1. The van der Waals surface area contributed by atoms with Gasteiger partial charge in [-0.25, -0.2) is 0 Å². The van der Waals surface area contributed by atoms with Crippen molar-refractivity contribution in [3.05, 3.63) is 71.6 Å². The molecule has 0 bridgehead atoms. The van der Waals surface area contributed by atoms with Crippen molar-refractivity contribution in [1.82, 2.24) is 15.6 Å². The van der Waals surface area contributed by atoms with E-state index in [1.165, 1.54) is 17.1 Å². The van der Waals surface area contributed by atoms with Gasteiger partial charge in [-0.2, -0.15) is 5.26 Å². The van der Waals surface area contributed by atoms with E-state index in [2.05, 4.69) is 21.7 Å². The van der Waals surface area contributed by atoms with Gasteiger partial charge in [0.1, 0.15) is 11.6 Å². The second-order valence-electron chi connectivity index (χ2n) is 6.93. The number of methoxy groups -OCH3 is 2. The number of para-hydroxylation sites is 1. The van der Waals surface area contributed by atoms with Crippen molar-refractivity contribution in [2.75, 3.05) is 27.3 Å². The average molecular weight is 418 g/mol. The van der Waals surface area contributed by atoms with Gasteiger partial charge in [-0.3, -0.25) is 4.79 Å². The van der Waals surface area contributed by atoms with E-state index in [0.29, 0.717) is 31.0 Å². The molecule has 0 unspecified atom stereocenters. The van der Waals surface area contributed by atoms with Crippen LogP contribution in [-0.2, 0) is 17.6 Å². The fraction of sp³-hybridized carbons (Fsp3) is 0.250. The molecule has 0 aliphatic carbocycles. The monoisotopic (exact) mass is 418 g/mol. The maximum atomic E-state index is 12.3. The van der Waals surface area contributed by atoms with Gasteiger partial charge in [-0.05, 0) is 42.2 Å². The van der Waals surface area contributed by atoms with Gasteiger partial charge in [0.05, 0.1) is 14.2 Å². The van der Waals surface area contributed by atoms with E-state index >= 15 is 0 Å². The topological polar surface area (TPSA) is 99.2 Å². The number of ether oxygens (including phenoxy) is 2. The summed E-state index contributed by atoms with van der Waals surface area (Å²) in [6.07, 6.45) is 4.85. The van der Waals surface area contributed by atoms with Gasteiger partial charge in [-0.1, -0.05) is 24.3 Å². The maximum absolute atomic E-state index is 12.3. The molecule has 7 nitrogen and oxygen atoms in total. The molecule has 160 valence electrons. The second kappa shape index (κ2) is 10.7. The zero-order valence-corrected chi connectivity index (χ0v) is 17.7. The Bertz CT molecular complexity index is 1110. The molecular formula is C24H26N4O3.